The molecule has 1 saturated carbocycles. The second kappa shape index (κ2) is 12.0. The quantitative estimate of drug-likeness (QED) is 0.451. The van der Waals surface area contributed by atoms with Crippen LogP contribution >= 0.6 is 0 Å². The minimum absolute atomic E-state index is 0.0233. The predicted molar refractivity (Wildman–Crippen MR) is 133 cm³/mol. The summed E-state index contributed by atoms with van der Waals surface area (Å²) in [6.07, 6.45) is 2.77. The second-order valence-corrected chi connectivity index (χ2v) is 9.29. The van der Waals surface area contributed by atoms with Gasteiger partial charge in [-0.25, -0.2) is 23.1 Å². The molecule has 0 spiro atoms. The Morgan fingerprint density at radius 3 is 2.39 bits per heavy atom. The van der Waals surface area contributed by atoms with Gasteiger partial charge in [0, 0.05) is 32.1 Å². The minimum atomic E-state index is -2.92. The third-order valence-corrected chi connectivity index (χ3v) is 6.58. The van der Waals surface area contributed by atoms with Crippen LogP contribution < -0.4 is 10.6 Å². The van der Waals surface area contributed by atoms with E-state index >= 15 is 0 Å². The van der Waals surface area contributed by atoms with E-state index in [4.69, 9.17) is 0 Å². The number of carbonyl (C=O) groups excluding carboxylic acids is 2. The van der Waals surface area contributed by atoms with Crippen molar-refractivity contribution >= 4 is 30.0 Å². The molecular formula is C26H32F3N5O2. The molecule has 2 aromatic rings. The molecule has 0 saturated heterocycles. The van der Waals surface area contributed by atoms with Crippen LogP contribution in [0, 0.1) is 24.6 Å². The number of nitrogens with one attached hydrogen (secondary N) is 2. The molecule has 0 bridgehead atoms. The molecule has 10 heteroatoms. The van der Waals surface area contributed by atoms with E-state index in [1.165, 1.54) is 12.1 Å². The number of nitrogens with zero attached hydrogens (tertiary/aromatic N) is 3. The normalized spacial score (nSPS) is 18.2. The molecule has 0 radical (unpaired) electrons. The zero-order valence-corrected chi connectivity index (χ0v) is 20.9. The second-order valence-electron chi connectivity index (χ2n) is 9.29. The lowest BCUT2D eigenvalue weighted by Crippen LogP contribution is -2.32. The highest BCUT2D eigenvalue weighted by atomic mass is 19.3. The molecule has 3 rings (SSSR count). The highest BCUT2D eigenvalue weighted by Gasteiger charge is 2.28. The Labute approximate surface area is 209 Å². The van der Waals surface area contributed by atoms with Gasteiger partial charge < -0.3 is 15.5 Å². The van der Waals surface area contributed by atoms with Crippen LogP contribution in [0.1, 0.15) is 61.5 Å². The SMILES string of the molecule is C/C(=C\c1c(NC=O)nc(C)nc1NCc1cccc(C(F)F)c1F)C1CCC(C(=O)N(C)C)CC1. The Balaban J connectivity index is 1.87. The average Bonchev–Trinajstić information content (AvgIpc) is 2.84. The van der Waals surface area contributed by atoms with Crippen LogP contribution in [0.3, 0.4) is 0 Å². The molecule has 194 valence electrons. The highest BCUT2D eigenvalue weighted by Crippen LogP contribution is 2.36. The lowest BCUT2D eigenvalue weighted by molar-refractivity contribution is -0.134. The smallest absolute Gasteiger partial charge is 0.266 e. The summed E-state index contributed by atoms with van der Waals surface area (Å²) in [6, 6.07) is 3.87. The van der Waals surface area contributed by atoms with Crippen molar-refractivity contribution in [2.75, 3.05) is 24.7 Å². The zero-order valence-electron chi connectivity index (χ0n) is 20.9. The molecule has 2 N–H and O–H groups in total. The fourth-order valence-corrected chi connectivity index (χ4v) is 4.61. The van der Waals surface area contributed by atoms with Gasteiger partial charge in [0.1, 0.15) is 23.3 Å². The van der Waals surface area contributed by atoms with E-state index in [9.17, 15) is 22.8 Å². The molecule has 1 aliphatic carbocycles. The van der Waals surface area contributed by atoms with E-state index in [-0.39, 0.29) is 35.7 Å². The topological polar surface area (TPSA) is 87.2 Å². The van der Waals surface area contributed by atoms with Gasteiger partial charge >= 0.3 is 0 Å². The zero-order chi connectivity index (χ0) is 26.4. The molecule has 1 aromatic carbocycles. The Kier molecular flexibility index (Phi) is 9.06. The molecule has 7 nitrogen and oxygen atoms in total. The standard InChI is InChI=1S/C26H32F3N5O2/c1-15(17-8-10-18(11-9-17)26(36)34(3)4)12-21-24(32-16(2)33-25(21)31-14-35)30-13-19-6-5-7-20(22(19)27)23(28)29/h5-7,12,14,17-18,23H,8-11,13H2,1-4H3,(H2,30,31,32,33,35)/b15-12+. The molecule has 2 amide bonds. The third-order valence-electron chi connectivity index (χ3n) is 6.58. The van der Waals surface area contributed by atoms with Crippen molar-refractivity contribution in [1.82, 2.24) is 14.9 Å². The Bertz CT molecular complexity index is 1130. The monoisotopic (exact) mass is 503 g/mol. The summed E-state index contributed by atoms with van der Waals surface area (Å²) in [5.74, 6) is 0.469. The van der Waals surface area contributed by atoms with Crippen LogP contribution in [-0.2, 0) is 16.1 Å². The maximum atomic E-state index is 14.5. The molecule has 0 unspecified atom stereocenters. The summed E-state index contributed by atoms with van der Waals surface area (Å²) in [6.45, 7) is 3.56. The van der Waals surface area contributed by atoms with Crippen molar-refractivity contribution in [3.63, 3.8) is 0 Å². The highest BCUT2D eigenvalue weighted by molar-refractivity contribution is 5.81. The maximum absolute atomic E-state index is 14.5. The molecule has 1 heterocycles. The largest absolute Gasteiger partial charge is 0.365 e. The molecule has 1 aromatic heterocycles. The first-order valence-electron chi connectivity index (χ1n) is 11.9. The van der Waals surface area contributed by atoms with Crippen molar-refractivity contribution in [3.8, 4) is 0 Å². The summed E-state index contributed by atoms with van der Waals surface area (Å²) in [4.78, 5) is 33.9. The van der Waals surface area contributed by atoms with Gasteiger partial charge in [-0.15, -0.1) is 0 Å². The van der Waals surface area contributed by atoms with Gasteiger partial charge in [-0.05, 0) is 51.5 Å². The van der Waals surface area contributed by atoms with Crippen molar-refractivity contribution in [2.24, 2.45) is 11.8 Å². The number of anilines is 2. The van der Waals surface area contributed by atoms with Gasteiger partial charge in [0.05, 0.1) is 11.1 Å². The summed E-state index contributed by atoms with van der Waals surface area (Å²) in [5, 5.41) is 5.63. The Hall–Kier alpha value is -3.43. The van der Waals surface area contributed by atoms with Crippen LogP contribution in [-0.4, -0.2) is 41.3 Å². The van der Waals surface area contributed by atoms with Crippen LogP contribution in [0.5, 0.6) is 0 Å². The van der Waals surface area contributed by atoms with Gasteiger partial charge in [0.25, 0.3) is 6.43 Å². The number of hydrogen-bond acceptors (Lipinski definition) is 5. The Morgan fingerprint density at radius 2 is 1.78 bits per heavy atom. The number of benzene rings is 1. The van der Waals surface area contributed by atoms with E-state index in [0.29, 0.717) is 23.6 Å². The fraction of sp³-hybridized carbons (Fsp3) is 0.462. The summed E-state index contributed by atoms with van der Waals surface area (Å²) in [5.41, 5.74) is 0.975. The Morgan fingerprint density at radius 1 is 1.14 bits per heavy atom. The number of aromatic nitrogens is 2. The number of amides is 2. The predicted octanol–water partition coefficient (Wildman–Crippen LogP) is 5.34. The van der Waals surface area contributed by atoms with Crippen molar-refractivity contribution in [3.05, 3.63) is 52.1 Å². The molecule has 0 aliphatic heterocycles. The van der Waals surface area contributed by atoms with Crippen molar-refractivity contribution in [1.29, 1.82) is 0 Å². The van der Waals surface area contributed by atoms with Gasteiger partial charge in [0.2, 0.25) is 12.3 Å². The minimum Gasteiger partial charge on any atom is -0.365 e. The van der Waals surface area contributed by atoms with Crippen LogP contribution in [0.4, 0.5) is 24.8 Å². The third kappa shape index (κ3) is 6.41. The van der Waals surface area contributed by atoms with Crippen LogP contribution in [0.2, 0.25) is 0 Å². The number of carbonyl (C=O) groups is 2. The van der Waals surface area contributed by atoms with Crippen LogP contribution in [0.25, 0.3) is 6.08 Å². The summed E-state index contributed by atoms with van der Waals surface area (Å²) >= 11 is 0. The van der Waals surface area contributed by atoms with Crippen LogP contribution in [0.15, 0.2) is 23.8 Å². The number of halogens is 3. The summed E-state index contributed by atoms with van der Waals surface area (Å²) < 4.78 is 40.8. The first-order chi connectivity index (χ1) is 17.1. The number of alkyl halides is 2. The summed E-state index contributed by atoms with van der Waals surface area (Å²) in [7, 11) is 3.53. The lowest BCUT2D eigenvalue weighted by Gasteiger charge is -2.30. The van der Waals surface area contributed by atoms with Gasteiger partial charge in [-0.3, -0.25) is 9.59 Å². The van der Waals surface area contributed by atoms with Crippen molar-refractivity contribution < 1.29 is 22.8 Å². The van der Waals surface area contributed by atoms with Gasteiger partial charge in [-0.2, -0.15) is 0 Å². The van der Waals surface area contributed by atoms with Gasteiger partial charge in [0.15, 0.2) is 0 Å². The van der Waals surface area contributed by atoms with E-state index in [1.807, 2.05) is 13.0 Å². The first kappa shape index (κ1) is 27.2. The number of allylic oxidation sites excluding steroid dienone is 1. The van der Waals surface area contributed by atoms with E-state index in [0.717, 1.165) is 37.3 Å². The number of aryl methyl sites for hydroxylation is 1. The average molecular weight is 504 g/mol. The fourth-order valence-electron chi connectivity index (χ4n) is 4.61. The van der Waals surface area contributed by atoms with Gasteiger partial charge in [-0.1, -0.05) is 23.8 Å². The molecule has 1 aliphatic rings. The molecular weight excluding hydrogens is 471 g/mol. The lowest BCUT2D eigenvalue weighted by atomic mass is 9.78. The molecule has 1 fully saturated rings. The van der Waals surface area contributed by atoms with E-state index < -0.39 is 17.8 Å². The number of rotatable bonds is 9. The molecule has 36 heavy (non-hydrogen) atoms. The van der Waals surface area contributed by atoms with E-state index in [1.54, 1.807) is 25.9 Å². The molecule has 0 atom stereocenters. The first-order valence-corrected chi connectivity index (χ1v) is 11.9. The van der Waals surface area contributed by atoms with Crippen molar-refractivity contribution in [2.45, 2.75) is 52.5 Å². The van der Waals surface area contributed by atoms with E-state index in [2.05, 4.69) is 20.6 Å². The number of hydrogen-bond donors (Lipinski definition) is 2. The maximum Gasteiger partial charge on any atom is 0.266 e.